The summed E-state index contributed by atoms with van der Waals surface area (Å²) in [6.45, 7) is 2.41. The molecule has 1 N–H and O–H groups in total. The van der Waals surface area contributed by atoms with Gasteiger partial charge in [-0.25, -0.2) is 4.98 Å². The highest BCUT2D eigenvalue weighted by Crippen LogP contribution is 2.26. The van der Waals surface area contributed by atoms with Crippen molar-refractivity contribution in [2.24, 2.45) is 7.05 Å². The summed E-state index contributed by atoms with van der Waals surface area (Å²) in [5.74, 6) is 1.57. The van der Waals surface area contributed by atoms with Gasteiger partial charge >= 0.3 is 0 Å². The summed E-state index contributed by atoms with van der Waals surface area (Å²) >= 11 is 0. The summed E-state index contributed by atoms with van der Waals surface area (Å²) in [5, 5.41) is 7.58. The summed E-state index contributed by atoms with van der Waals surface area (Å²) in [7, 11) is 1.91. The number of rotatable bonds is 4. The van der Waals surface area contributed by atoms with Crippen LogP contribution in [0.5, 0.6) is 0 Å². The first-order chi connectivity index (χ1) is 11.3. The molecule has 3 aromatic rings. The fraction of sp³-hybridized carbons (Fsp3) is 0.235. The lowest BCUT2D eigenvalue weighted by atomic mass is 10.1. The molecule has 0 bridgehead atoms. The Morgan fingerprint density at radius 3 is 2.57 bits per heavy atom. The molecule has 6 nitrogen and oxygen atoms in total. The zero-order valence-electron chi connectivity index (χ0n) is 13.0. The Morgan fingerprint density at radius 2 is 1.87 bits per heavy atom. The molecule has 0 atom stereocenters. The van der Waals surface area contributed by atoms with Crippen molar-refractivity contribution in [1.29, 1.82) is 0 Å². The van der Waals surface area contributed by atoms with Crippen LogP contribution in [0.1, 0.15) is 16.8 Å². The molecular weight excluding hydrogens is 288 g/mol. The lowest BCUT2D eigenvalue weighted by Gasteiger charge is -2.16. The van der Waals surface area contributed by atoms with Crippen LogP contribution in [-0.4, -0.2) is 19.7 Å². The summed E-state index contributed by atoms with van der Waals surface area (Å²) in [6, 6.07) is 12.5. The lowest BCUT2D eigenvalue weighted by Crippen LogP contribution is -2.17. The van der Waals surface area contributed by atoms with Gasteiger partial charge in [-0.3, -0.25) is 4.68 Å². The van der Waals surface area contributed by atoms with E-state index in [1.165, 1.54) is 11.1 Å². The topological polar surface area (TPSA) is 58.9 Å². The van der Waals surface area contributed by atoms with Crippen molar-refractivity contribution in [2.75, 3.05) is 10.2 Å². The Morgan fingerprint density at radius 1 is 1.09 bits per heavy atom. The van der Waals surface area contributed by atoms with Crippen molar-refractivity contribution in [3.63, 3.8) is 0 Å². The highest BCUT2D eigenvalue weighted by molar-refractivity contribution is 5.48. The maximum Gasteiger partial charge on any atom is 0.224 e. The average molecular weight is 306 g/mol. The molecule has 116 valence electrons. The van der Waals surface area contributed by atoms with Gasteiger partial charge in [0.15, 0.2) is 0 Å². The van der Waals surface area contributed by atoms with Crippen LogP contribution in [0.3, 0.4) is 0 Å². The van der Waals surface area contributed by atoms with Crippen LogP contribution in [0.25, 0.3) is 0 Å². The Hall–Kier alpha value is -2.89. The Balaban J connectivity index is 1.47. The SMILES string of the molecule is Cn1ccc(CNc2nccc(N3Cc4ccccc4C3)n2)n1. The van der Waals surface area contributed by atoms with Crippen molar-refractivity contribution >= 4 is 11.8 Å². The number of anilines is 2. The summed E-state index contributed by atoms with van der Waals surface area (Å²) in [5.41, 5.74) is 3.71. The summed E-state index contributed by atoms with van der Waals surface area (Å²) in [6.07, 6.45) is 3.72. The third kappa shape index (κ3) is 2.88. The molecule has 1 aliphatic heterocycles. The van der Waals surface area contributed by atoms with E-state index in [0.717, 1.165) is 24.6 Å². The molecule has 0 unspecified atom stereocenters. The molecule has 1 aliphatic rings. The van der Waals surface area contributed by atoms with E-state index in [0.29, 0.717) is 12.5 Å². The molecule has 0 aliphatic carbocycles. The Labute approximate surface area is 134 Å². The van der Waals surface area contributed by atoms with Crippen molar-refractivity contribution in [3.05, 3.63) is 65.6 Å². The van der Waals surface area contributed by atoms with Crippen molar-refractivity contribution in [3.8, 4) is 0 Å². The molecule has 0 fully saturated rings. The molecule has 0 amide bonds. The van der Waals surface area contributed by atoms with E-state index in [4.69, 9.17) is 0 Å². The quantitative estimate of drug-likeness (QED) is 0.802. The number of benzene rings is 1. The second kappa shape index (κ2) is 5.72. The molecular formula is C17H18N6. The van der Waals surface area contributed by atoms with Gasteiger partial charge in [0.1, 0.15) is 5.82 Å². The minimum absolute atomic E-state index is 0.616. The minimum atomic E-state index is 0.616. The van der Waals surface area contributed by atoms with Gasteiger partial charge in [-0.2, -0.15) is 10.1 Å². The second-order valence-electron chi connectivity index (χ2n) is 5.70. The molecule has 3 heterocycles. The van der Waals surface area contributed by atoms with E-state index in [1.54, 1.807) is 10.9 Å². The monoisotopic (exact) mass is 306 g/mol. The van der Waals surface area contributed by atoms with Gasteiger partial charge in [0.2, 0.25) is 5.95 Å². The van der Waals surface area contributed by atoms with Gasteiger partial charge in [-0.15, -0.1) is 0 Å². The number of nitrogens with zero attached hydrogens (tertiary/aromatic N) is 5. The normalized spacial score (nSPS) is 13.2. The Kier molecular flexibility index (Phi) is 3.42. The molecule has 0 saturated carbocycles. The number of nitrogens with one attached hydrogen (secondary N) is 1. The zero-order chi connectivity index (χ0) is 15.6. The van der Waals surface area contributed by atoms with Crippen molar-refractivity contribution in [2.45, 2.75) is 19.6 Å². The highest BCUT2D eigenvalue weighted by Gasteiger charge is 2.19. The van der Waals surface area contributed by atoms with Crippen LogP contribution in [-0.2, 0) is 26.7 Å². The molecule has 2 aromatic heterocycles. The molecule has 4 rings (SSSR count). The number of fused-ring (bicyclic) bond motifs is 1. The first-order valence-corrected chi connectivity index (χ1v) is 7.65. The molecule has 23 heavy (non-hydrogen) atoms. The maximum absolute atomic E-state index is 4.63. The molecule has 0 spiro atoms. The highest BCUT2D eigenvalue weighted by atomic mass is 15.3. The molecule has 1 aromatic carbocycles. The standard InChI is InChI=1S/C17H18N6/c1-22-9-7-15(21-22)10-19-17-18-8-6-16(20-17)23-11-13-4-2-3-5-14(13)12-23/h2-9H,10-12H2,1H3,(H,18,19,20). The summed E-state index contributed by atoms with van der Waals surface area (Å²) < 4.78 is 1.79. The van der Waals surface area contributed by atoms with Crippen LogP contribution in [0, 0.1) is 0 Å². The van der Waals surface area contributed by atoms with Gasteiger partial charge in [0.05, 0.1) is 12.2 Å². The van der Waals surface area contributed by atoms with Crippen LogP contribution in [0.15, 0.2) is 48.8 Å². The first kappa shape index (κ1) is 13.8. The Bertz CT molecular complexity index is 800. The predicted octanol–water partition coefficient (Wildman–Crippen LogP) is 2.34. The van der Waals surface area contributed by atoms with Gasteiger partial charge < -0.3 is 10.2 Å². The van der Waals surface area contributed by atoms with Gasteiger partial charge in [-0.05, 0) is 23.3 Å². The number of hydrogen-bond donors (Lipinski definition) is 1. The van der Waals surface area contributed by atoms with Crippen LogP contribution >= 0.6 is 0 Å². The summed E-state index contributed by atoms with van der Waals surface area (Å²) in [4.78, 5) is 11.2. The number of aryl methyl sites for hydroxylation is 1. The van der Waals surface area contributed by atoms with Crippen molar-refractivity contribution < 1.29 is 0 Å². The van der Waals surface area contributed by atoms with E-state index in [2.05, 4.69) is 49.5 Å². The predicted molar refractivity (Wildman–Crippen MR) is 88.9 cm³/mol. The lowest BCUT2D eigenvalue weighted by molar-refractivity contribution is 0.746. The largest absolute Gasteiger partial charge is 0.348 e. The third-order valence-corrected chi connectivity index (χ3v) is 4.00. The third-order valence-electron chi connectivity index (χ3n) is 4.00. The van der Waals surface area contributed by atoms with E-state index in [9.17, 15) is 0 Å². The van der Waals surface area contributed by atoms with Crippen molar-refractivity contribution in [1.82, 2.24) is 19.7 Å². The smallest absolute Gasteiger partial charge is 0.224 e. The van der Waals surface area contributed by atoms with E-state index < -0.39 is 0 Å². The van der Waals surface area contributed by atoms with Gasteiger partial charge in [0, 0.05) is 32.5 Å². The average Bonchev–Trinajstić information content (AvgIpc) is 3.19. The first-order valence-electron chi connectivity index (χ1n) is 7.65. The van der Waals surface area contributed by atoms with Gasteiger partial charge in [0.25, 0.3) is 0 Å². The molecule has 6 heteroatoms. The van der Waals surface area contributed by atoms with Crippen LogP contribution in [0.2, 0.25) is 0 Å². The number of hydrogen-bond acceptors (Lipinski definition) is 5. The van der Waals surface area contributed by atoms with Crippen LogP contribution in [0.4, 0.5) is 11.8 Å². The molecule has 0 radical (unpaired) electrons. The fourth-order valence-corrected chi connectivity index (χ4v) is 2.83. The number of aromatic nitrogens is 4. The van der Waals surface area contributed by atoms with Crippen LogP contribution < -0.4 is 10.2 Å². The van der Waals surface area contributed by atoms with E-state index >= 15 is 0 Å². The molecule has 0 saturated heterocycles. The zero-order valence-corrected chi connectivity index (χ0v) is 13.0. The van der Waals surface area contributed by atoms with E-state index in [1.807, 2.05) is 25.4 Å². The maximum atomic E-state index is 4.63. The van der Waals surface area contributed by atoms with E-state index in [-0.39, 0.29) is 0 Å². The minimum Gasteiger partial charge on any atom is -0.348 e. The fourth-order valence-electron chi connectivity index (χ4n) is 2.83. The van der Waals surface area contributed by atoms with Gasteiger partial charge in [-0.1, -0.05) is 24.3 Å². The second-order valence-corrected chi connectivity index (χ2v) is 5.70.